The molecule has 98 valence electrons. The molecular formula is C11H10N4O3S. The van der Waals surface area contributed by atoms with Crippen LogP contribution in [0.5, 0.6) is 0 Å². The Balaban J connectivity index is 1.64. The third kappa shape index (κ3) is 2.69. The molecule has 7 nitrogen and oxygen atoms in total. The number of furan rings is 1. The lowest BCUT2D eigenvalue weighted by Gasteiger charge is -1.89. The van der Waals surface area contributed by atoms with E-state index in [0.29, 0.717) is 28.4 Å². The van der Waals surface area contributed by atoms with E-state index in [9.17, 15) is 0 Å². The van der Waals surface area contributed by atoms with Crippen LogP contribution in [0, 0.1) is 0 Å². The lowest BCUT2D eigenvalue weighted by atomic mass is 10.3. The summed E-state index contributed by atoms with van der Waals surface area (Å²) in [6, 6.07) is 5.41. The Morgan fingerprint density at radius 3 is 2.95 bits per heavy atom. The molecule has 3 aromatic heterocycles. The van der Waals surface area contributed by atoms with Crippen LogP contribution in [0.4, 0.5) is 0 Å². The molecule has 0 aliphatic carbocycles. The molecule has 8 heteroatoms. The molecule has 0 aliphatic heterocycles. The standard InChI is InChI=1S/C11H10N4O3S/c12-5-10-13-14-11(17-10)19-6-7-4-9(18-15-7)8-2-1-3-16-8/h1-4H,5-6,12H2. The molecule has 0 saturated heterocycles. The first-order valence-electron chi connectivity index (χ1n) is 5.50. The first-order valence-corrected chi connectivity index (χ1v) is 6.48. The summed E-state index contributed by atoms with van der Waals surface area (Å²) in [6.07, 6.45) is 1.58. The van der Waals surface area contributed by atoms with Crippen molar-refractivity contribution >= 4 is 11.8 Å². The van der Waals surface area contributed by atoms with E-state index in [1.807, 2.05) is 12.1 Å². The number of thioether (sulfide) groups is 1. The van der Waals surface area contributed by atoms with Gasteiger partial charge in [-0.2, -0.15) is 0 Å². The van der Waals surface area contributed by atoms with Gasteiger partial charge in [-0.25, -0.2) is 0 Å². The zero-order valence-electron chi connectivity index (χ0n) is 9.78. The van der Waals surface area contributed by atoms with Crippen LogP contribution in [0.15, 0.2) is 43.0 Å². The van der Waals surface area contributed by atoms with E-state index in [1.165, 1.54) is 11.8 Å². The molecule has 0 spiro atoms. The highest BCUT2D eigenvalue weighted by Gasteiger charge is 2.11. The Hall–Kier alpha value is -2.06. The quantitative estimate of drug-likeness (QED) is 0.707. The first-order chi connectivity index (χ1) is 9.35. The van der Waals surface area contributed by atoms with Crippen LogP contribution in [0.3, 0.4) is 0 Å². The predicted molar refractivity (Wildman–Crippen MR) is 66.0 cm³/mol. The molecule has 2 N–H and O–H groups in total. The zero-order chi connectivity index (χ0) is 13.1. The largest absolute Gasteiger partial charge is 0.461 e. The van der Waals surface area contributed by atoms with Crippen LogP contribution >= 0.6 is 11.8 Å². The molecule has 3 heterocycles. The summed E-state index contributed by atoms with van der Waals surface area (Å²) in [4.78, 5) is 0. The van der Waals surface area contributed by atoms with Gasteiger partial charge in [0.25, 0.3) is 5.22 Å². The summed E-state index contributed by atoms with van der Waals surface area (Å²) in [7, 11) is 0. The minimum absolute atomic E-state index is 0.236. The van der Waals surface area contributed by atoms with E-state index >= 15 is 0 Å². The number of nitrogens with zero attached hydrogens (tertiary/aromatic N) is 3. The third-order valence-corrected chi connectivity index (χ3v) is 3.14. The number of hydrogen-bond acceptors (Lipinski definition) is 8. The van der Waals surface area contributed by atoms with Gasteiger partial charge in [0.05, 0.1) is 18.5 Å². The fourth-order valence-corrected chi connectivity index (χ4v) is 2.09. The molecule has 0 saturated carbocycles. The SMILES string of the molecule is NCc1nnc(SCc2cc(-c3ccco3)on2)o1. The van der Waals surface area contributed by atoms with Crippen LogP contribution in [0.1, 0.15) is 11.6 Å². The van der Waals surface area contributed by atoms with Gasteiger partial charge < -0.3 is 19.1 Å². The number of rotatable bonds is 5. The summed E-state index contributed by atoms with van der Waals surface area (Å²) in [5.41, 5.74) is 6.15. The van der Waals surface area contributed by atoms with Gasteiger partial charge in [0.1, 0.15) is 0 Å². The smallest absolute Gasteiger partial charge is 0.277 e. The number of hydrogen-bond donors (Lipinski definition) is 1. The highest BCUT2D eigenvalue weighted by Crippen LogP contribution is 2.25. The summed E-state index contributed by atoms with van der Waals surface area (Å²) in [6.45, 7) is 0.236. The van der Waals surface area contributed by atoms with Gasteiger partial charge in [0.15, 0.2) is 5.76 Å². The maximum Gasteiger partial charge on any atom is 0.277 e. The van der Waals surface area contributed by atoms with E-state index in [1.54, 1.807) is 12.3 Å². The van der Waals surface area contributed by atoms with E-state index in [2.05, 4.69) is 15.4 Å². The van der Waals surface area contributed by atoms with E-state index < -0.39 is 0 Å². The third-order valence-electron chi connectivity index (χ3n) is 2.29. The van der Waals surface area contributed by atoms with Crippen molar-refractivity contribution in [1.29, 1.82) is 0 Å². The predicted octanol–water partition coefficient (Wildman–Crippen LogP) is 2.07. The molecule has 3 aromatic rings. The van der Waals surface area contributed by atoms with Gasteiger partial charge in [-0.1, -0.05) is 16.9 Å². The molecule has 3 rings (SSSR count). The van der Waals surface area contributed by atoms with E-state index in [0.717, 1.165) is 5.69 Å². The van der Waals surface area contributed by atoms with Gasteiger partial charge in [-0.3, -0.25) is 0 Å². The zero-order valence-corrected chi connectivity index (χ0v) is 10.6. The fourth-order valence-electron chi connectivity index (χ4n) is 1.43. The summed E-state index contributed by atoms with van der Waals surface area (Å²) in [5.74, 6) is 2.22. The van der Waals surface area contributed by atoms with Gasteiger partial charge in [0, 0.05) is 11.8 Å². The van der Waals surface area contributed by atoms with Crippen molar-refractivity contribution < 1.29 is 13.4 Å². The van der Waals surface area contributed by atoms with Crippen LogP contribution in [0.25, 0.3) is 11.5 Å². The molecular weight excluding hydrogens is 268 g/mol. The first kappa shape index (κ1) is 12.0. The summed E-state index contributed by atoms with van der Waals surface area (Å²) in [5, 5.41) is 12.0. The summed E-state index contributed by atoms with van der Waals surface area (Å²) < 4.78 is 15.7. The normalized spacial score (nSPS) is 11.0. The van der Waals surface area contributed by atoms with Crippen molar-refractivity contribution in [2.24, 2.45) is 5.73 Å². The second-order valence-electron chi connectivity index (χ2n) is 3.61. The van der Waals surface area contributed by atoms with Crippen LogP contribution in [0.2, 0.25) is 0 Å². The second-order valence-corrected chi connectivity index (χ2v) is 4.54. The number of nitrogens with two attached hydrogens (primary N) is 1. The Morgan fingerprint density at radius 1 is 1.26 bits per heavy atom. The topological polar surface area (TPSA) is 104 Å². The number of aromatic nitrogens is 3. The van der Waals surface area contributed by atoms with E-state index in [4.69, 9.17) is 19.1 Å². The Morgan fingerprint density at radius 2 is 2.21 bits per heavy atom. The van der Waals surface area contributed by atoms with Crippen molar-refractivity contribution in [3.63, 3.8) is 0 Å². The van der Waals surface area contributed by atoms with Crippen LogP contribution in [-0.2, 0) is 12.3 Å². The van der Waals surface area contributed by atoms with Gasteiger partial charge >= 0.3 is 0 Å². The van der Waals surface area contributed by atoms with Crippen molar-refractivity contribution in [2.75, 3.05) is 0 Å². The van der Waals surface area contributed by atoms with Crippen molar-refractivity contribution in [3.05, 3.63) is 36.0 Å². The maximum atomic E-state index is 5.38. The molecule has 0 radical (unpaired) electrons. The molecule has 0 bridgehead atoms. The van der Waals surface area contributed by atoms with Crippen molar-refractivity contribution in [2.45, 2.75) is 17.5 Å². The van der Waals surface area contributed by atoms with Gasteiger partial charge in [0.2, 0.25) is 11.7 Å². The van der Waals surface area contributed by atoms with Gasteiger partial charge in [-0.15, -0.1) is 10.2 Å². The molecule has 0 aromatic carbocycles. The Labute approximate surface area is 112 Å². The lowest BCUT2D eigenvalue weighted by molar-refractivity contribution is 0.410. The van der Waals surface area contributed by atoms with Crippen molar-refractivity contribution in [3.8, 4) is 11.5 Å². The highest BCUT2D eigenvalue weighted by atomic mass is 32.2. The Kier molecular flexibility index (Phi) is 3.34. The average molecular weight is 278 g/mol. The van der Waals surface area contributed by atoms with Crippen LogP contribution < -0.4 is 5.73 Å². The van der Waals surface area contributed by atoms with Crippen LogP contribution in [-0.4, -0.2) is 15.4 Å². The monoisotopic (exact) mass is 278 g/mol. The lowest BCUT2D eigenvalue weighted by Crippen LogP contribution is -1.95. The minimum atomic E-state index is 0.236. The molecule has 0 aliphatic rings. The van der Waals surface area contributed by atoms with Crippen molar-refractivity contribution in [1.82, 2.24) is 15.4 Å². The minimum Gasteiger partial charge on any atom is -0.461 e. The molecule has 0 unspecified atom stereocenters. The van der Waals surface area contributed by atoms with E-state index in [-0.39, 0.29) is 6.54 Å². The highest BCUT2D eigenvalue weighted by molar-refractivity contribution is 7.98. The van der Waals surface area contributed by atoms with Gasteiger partial charge in [-0.05, 0) is 12.1 Å². The average Bonchev–Trinajstić information content (AvgIpc) is 3.16. The molecule has 19 heavy (non-hydrogen) atoms. The Bertz CT molecular complexity index is 647. The molecule has 0 atom stereocenters. The summed E-state index contributed by atoms with van der Waals surface area (Å²) >= 11 is 1.37. The molecule has 0 amide bonds. The maximum absolute atomic E-state index is 5.38. The second kappa shape index (κ2) is 5.29. The fraction of sp³-hybridized carbons (Fsp3) is 0.182. The molecule has 0 fully saturated rings.